The zero-order valence-electron chi connectivity index (χ0n) is 24.8. The molecule has 0 saturated heterocycles. The van der Waals surface area contributed by atoms with Crippen LogP contribution in [-0.2, 0) is 17.4 Å². The van der Waals surface area contributed by atoms with E-state index in [0.29, 0.717) is 30.4 Å². The van der Waals surface area contributed by atoms with Crippen LogP contribution in [0.4, 0.5) is 13.2 Å². The number of nitrogens with one attached hydrogen (secondary N) is 2. The van der Waals surface area contributed by atoms with Crippen LogP contribution in [0.5, 0.6) is 0 Å². The number of halogens is 3. The highest BCUT2D eigenvalue weighted by atomic mass is 19.4. The van der Waals surface area contributed by atoms with E-state index in [1.54, 1.807) is 12.3 Å². The van der Waals surface area contributed by atoms with Gasteiger partial charge in [-0.05, 0) is 55.7 Å². The lowest BCUT2D eigenvalue weighted by Crippen LogP contribution is -2.39. The van der Waals surface area contributed by atoms with E-state index in [9.17, 15) is 22.8 Å². The van der Waals surface area contributed by atoms with E-state index in [2.05, 4.69) is 43.1 Å². The van der Waals surface area contributed by atoms with Gasteiger partial charge in [0.2, 0.25) is 5.91 Å². The number of alkyl halides is 3. The second kappa shape index (κ2) is 16.2. The molecule has 2 aromatic rings. The molecule has 0 aromatic carbocycles. The first kappa shape index (κ1) is 33.9. The Hall–Kier alpha value is -3.26. The van der Waals surface area contributed by atoms with Crippen molar-refractivity contribution in [2.45, 2.75) is 91.8 Å². The molecule has 0 spiro atoms. The van der Waals surface area contributed by atoms with Crippen molar-refractivity contribution in [1.29, 1.82) is 5.26 Å². The molecule has 8 nitrogen and oxygen atoms in total. The first-order valence-electron chi connectivity index (χ1n) is 14.5. The monoisotopic (exact) mass is 576 g/mol. The maximum Gasteiger partial charge on any atom is 0.422 e. The van der Waals surface area contributed by atoms with E-state index < -0.39 is 23.3 Å². The number of nitriles is 1. The fourth-order valence-electron chi connectivity index (χ4n) is 4.94. The molecule has 0 saturated carbocycles. The zero-order chi connectivity index (χ0) is 30.6. The van der Waals surface area contributed by atoms with E-state index in [0.717, 1.165) is 44.5 Å². The third kappa shape index (κ3) is 10.3. The first-order valence-corrected chi connectivity index (χ1v) is 14.5. The lowest BCUT2D eigenvalue weighted by atomic mass is 9.99. The molecule has 0 bridgehead atoms. The van der Waals surface area contributed by atoms with Crippen molar-refractivity contribution in [1.82, 2.24) is 25.4 Å². The van der Waals surface area contributed by atoms with Gasteiger partial charge in [0.1, 0.15) is 11.6 Å². The number of aromatic nitrogens is 3. The van der Waals surface area contributed by atoms with Crippen molar-refractivity contribution in [3.05, 3.63) is 56.8 Å². The van der Waals surface area contributed by atoms with E-state index in [-0.39, 0.29) is 30.0 Å². The van der Waals surface area contributed by atoms with E-state index in [1.807, 2.05) is 29.1 Å². The van der Waals surface area contributed by atoms with Gasteiger partial charge >= 0.3 is 6.18 Å². The molecule has 11 heteroatoms. The van der Waals surface area contributed by atoms with Crippen molar-refractivity contribution in [2.75, 3.05) is 19.6 Å². The first-order chi connectivity index (χ1) is 19.4. The summed E-state index contributed by atoms with van der Waals surface area (Å²) in [5, 5.41) is 17.4. The number of aryl methyl sites for hydroxylation is 1. The van der Waals surface area contributed by atoms with Crippen LogP contribution in [0.25, 0.3) is 0 Å². The lowest BCUT2D eigenvalue weighted by molar-refractivity contribution is -0.139. The smallest absolute Gasteiger partial charge is 0.342 e. The minimum Gasteiger partial charge on any atom is -0.342 e. The van der Waals surface area contributed by atoms with Gasteiger partial charge in [-0.3, -0.25) is 14.6 Å². The number of aromatic amines is 1. The Morgan fingerprint density at radius 1 is 1.24 bits per heavy atom. The van der Waals surface area contributed by atoms with Crippen LogP contribution >= 0.6 is 0 Å². The minimum atomic E-state index is -4.71. The van der Waals surface area contributed by atoms with Gasteiger partial charge in [-0.25, -0.2) is 5.10 Å². The van der Waals surface area contributed by atoms with Gasteiger partial charge in [0, 0.05) is 37.9 Å². The van der Waals surface area contributed by atoms with E-state index in [4.69, 9.17) is 5.26 Å². The summed E-state index contributed by atoms with van der Waals surface area (Å²) in [6.07, 6.45) is 1.89. The third-order valence-electron chi connectivity index (χ3n) is 7.52. The Balaban J connectivity index is 0.000000553. The van der Waals surface area contributed by atoms with Gasteiger partial charge in [-0.2, -0.15) is 23.5 Å². The molecular weight excluding hydrogens is 533 g/mol. The van der Waals surface area contributed by atoms with Crippen LogP contribution in [0.1, 0.15) is 100 Å². The molecule has 3 unspecified atom stereocenters. The summed E-state index contributed by atoms with van der Waals surface area (Å²) in [4.78, 5) is 30.5. The predicted molar refractivity (Wildman–Crippen MR) is 152 cm³/mol. The second-order valence-corrected chi connectivity index (χ2v) is 10.8. The highest BCUT2D eigenvalue weighted by Gasteiger charge is 2.41. The maximum atomic E-state index is 13.3. The molecule has 1 amide bonds. The molecule has 1 aliphatic carbocycles. The average Bonchev–Trinajstić information content (AvgIpc) is 3.34. The topological polar surface area (TPSA) is 115 Å². The fourth-order valence-corrected chi connectivity index (χ4v) is 4.94. The minimum absolute atomic E-state index is 0.0335. The Bertz CT molecular complexity index is 1210. The van der Waals surface area contributed by atoms with Crippen molar-refractivity contribution in [2.24, 2.45) is 11.8 Å². The summed E-state index contributed by atoms with van der Waals surface area (Å²) in [5.74, 6) is 0.954. The van der Waals surface area contributed by atoms with Crippen molar-refractivity contribution < 1.29 is 18.0 Å². The standard InChI is InChI=1S/C23H37F3N4O2.C7H6N2/c1-5-8-16(7-3)14-30(13-15(4)6-2)19(31)11-12-27-18-10-9-17-20(23(24,25)26)22(32)29-28-21(17)18;1-6-2-3-7(4-8)5-9-6/h15-16,18,27H,5-14H2,1-4H3,(H,29,32);2-3,5H,1H3. The Kier molecular flexibility index (Phi) is 13.5. The third-order valence-corrected chi connectivity index (χ3v) is 7.52. The van der Waals surface area contributed by atoms with Crippen molar-refractivity contribution in [3.63, 3.8) is 0 Å². The van der Waals surface area contributed by atoms with Crippen LogP contribution in [0, 0.1) is 30.1 Å². The molecule has 0 fully saturated rings. The molecule has 41 heavy (non-hydrogen) atoms. The largest absolute Gasteiger partial charge is 0.422 e. The number of pyridine rings is 1. The van der Waals surface area contributed by atoms with Crippen LogP contribution in [0.2, 0.25) is 0 Å². The van der Waals surface area contributed by atoms with Crippen LogP contribution < -0.4 is 10.9 Å². The number of rotatable bonds is 12. The molecule has 2 N–H and O–H groups in total. The summed E-state index contributed by atoms with van der Waals surface area (Å²) in [6.45, 7) is 12.3. The number of hydrogen-bond donors (Lipinski definition) is 2. The Labute approximate surface area is 240 Å². The van der Waals surface area contributed by atoms with Gasteiger partial charge < -0.3 is 10.2 Å². The summed E-state index contributed by atoms with van der Waals surface area (Å²) in [7, 11) is 0. The normalized spacial score (nSPS) is 15.7. The van der Waals surface area contributed by atoms with Crippen LogP contribution in [0.15, 0.2) is 23.1 Å². The Morgan fingerprint density at radius 2 is 1.98 bits per heavy atom. The average molecular weight is 577 g/mol. The van der Waals surface area contributed by atoms with E-state index in [1.165, 1.54) is 0 Å². The van der Waals surface area contributed by atoms with Crippen molar-refractivity contribution >= 4 is 5.91 Å². The summed E-state index contributed by atoms with van der Waals surface area (Å²) in [5.41, 5.74) is -0.604. The number of H-pyrrole nitrogens is 1. The molecule has 2 heterocycles. The highest BCUT2D eigenvalue weighted by molar-refractivity contribution is 5.76. The second-order valence-electron chi connectivity index (χ2n) is 10.8. The van der Waals surface area contributed by atoms with Crippen molar-refractivity contribution in [3.8, 4) is 6.07 Å². The zero-order valence-corrected chi connectivity index (χ0v) is 24.8. The number of carbonyl (C=O) groups excluding carboxylic acids is 1. The molecule has 0 radical (unpaired) electrons. The molecule has 3 rings (SSSR count). The Morgan fingerprint density at radius 3 is 2.54 bits per heavy atom. The van der Waals surface area contributed by atoms with Gasteiger partial charge in [-0.1, -0.05) is 47.0 Å². The molecular formula is C30H43F3N6O2. The van der Waals surface area contributed by atoms with Gasteiger partial charge in [-0.15, -0.1) is 0 Å². The number of nitrogens with zero attached hydrogens (tertiary/aromatic N) is 4. The molecule has 3 atom stereocenters. The highest BCUT2D eigenvalue weighted by Crippen LogP contribution is 2.37. The molecule has 1 aliphatic rings. The number of amides is 1. The SMILES string of the molecule is CCCC(CC)CN(CC(C)CC)C(=O)CCNC1CCc2c1n[nH]c(=O)c2C(F)(F)F.Cc1ccc(C#N)cn1. The summed E-state index contributed by atoms with van der Waals surface area (Å²) >= 11 is 0. The van der Waals surface area contributed by atoms with Gasteiger partial charge in [0.25, 0.3) is 5.56 Å². The number of carbonyl (C=O) groups is 1. The number of fused-ring (bicyclic) bond motifs is 1. The van der Waals surface area contributed by atoms with Gasteiger partial charge in [0.05, 0.1) is 17.3 Å². The fraction of sp³-hybridized carbons (Fsp3) is 0.633. The predicted octanol–water partition coefficient (Wildman–Crippen LogP) is 5.72. The lowest BCUT2D eigenvalue weighted by Gasteiger charge is -2.29. The molecule has 2 aromatic heterocycles. The van der Waals surface area contributed by atoms with Crippen LogP contribution in [0.3, 0.4) is 0 Å². The quantitative estimate of drug-likeness (QED) is 0.334. The summed E-state index contributed by atoms with van der Waals surface area (Å²) < 4.78 is 39.8. The van der Waals surface area contributed by atoms with Crippen LogP contribution in [-0.4, -0.2) is 45.6 Å². The summed E-state index contributed by atoms with van der Waals surface area (Å²) in [6, 6.07) is 5.16. The maximum absolute atomic E-state index is 13.3. The van der Waals surface area contributed by atoms with Gasteiger partial charge in [0.15, 0.2) is 0 Å². The number of hydrogen-bond acceptors (Lipinski definition) is 6. The van der Waals surface area contributed by atoms with E-state index >= 15 is 0 Å². The molecule has 0 aliphatic heterocycles. The molecule has 226 valence electrons.